The molecule has 1 aromatic heterocycles. The highest BCUT2D eigenvalue weighted by Crippen LogP contribution is 2.18. The molecule has 0 saturated heterocycles. The Hall–Kier alpha value is -1.92. The molecule has 2 bridgehead atoms. The number of rotatable bonds is 4. The molecule has 1 aliphatic heterocycles. The molecule has 6 nitrogen and oxygen atoms in total. The van der Waals surface area contributed by atoms with Crippen LogP contribution in [-0.4, -0.2) is 33.5 Å². The molecule has 1 N–H and O–H groups in total. The molecule has 0 aliphatic carbocycles. The van der Waals surface area contributed by atoms with Gasteiger partial charge in [0.05, 0.1) is 25.5 Å². The Balaban J connectivity index is 1.77. The summed E-state index contributed by atoms with van der Waals surface area (Å²) in [6, 6.07) is 7.69. The molecule has 146 valence electrons. The van der Waals surface area contributed by atoms with Crippen molar-refractivity contribution in [3.8, 4) is 0 Å². The van der Waals surface area contributed by atoms with E-state index in [4.69, 9.17) is 16.3 Å². The van der Waals surface area contributed by atoms with Crippen molar-refractivity contribution in [3.63, 3.8) is 0 Å². The lowest BCUT2D eigenvalue weighted by Crippen LogP contribution is -2.43. The van der Waals surface area contributed by atoms with Crippen LogP contribution in [0.1, 0.15) is 37.9 Å². The summed E-state index contributed by atoms with van der Waals surface area (Å²) in [5, 5.41) is 12.2. The highest BCUT2D eigenvalue weighted by atomic mass is 35.5. The van der Waals surface area contributed by atoms with Crippen LogP contribution in [0.2, 0.25) is 5.02 Å². The van der Waals surface area contributed by atoms with E-state index in [1.54, 1.807) is 4.68 Å². The van der Waals surface area contributed by atoms with Gasteiger partial charge < -0.3 is 10.1 Å². The van der Waals surface area contributed by atoms with Gasteiger partial charge in [-0.15, -0.1) is 5.10 Å². The van der Waals surface area contributed by atoms with Crippen molar-refractivity contribution in [1.29, 1.82) is 0 Å². The van der Waals surface area contributed by atoms with E-state index < -0.39 is 0 Å². The standard InChI is InChI=1S/C20H27ClN4O2/c1-14(2)9-18-12-27-13-19-11-25(24-23-19)8-7-16(20(26)22-18)10-15-3-5-17(21)6-4-15/h3-6,11,14,16,18H,7-10,12-13H2,1-2H3,(H,22,26)/t16-,18+/m1/s1. The summed E-state index contributed by atoms with van der Waals surface area (Å²) >= 11 is 5.99. The van der Waals surface area contributed by atoms with Gasteiger partial charge in [-0.3, -0.25) is 9.48 Å². The number of halogens is 1. The average molecular weight is 391 g/mol. The van der Waals surface area contributed by atoms with Crippen LogP contribution in [0.15, 0.2) is 30.5 Å². The molecule has 1 aromatic carbocycles. The first-order valence-corrected chi connectivity index (χ1v) is 9.89. The minimum absolute atomic E-state index is 0.000288. The van der Waals surface area contributed by atoms with E-state index in [0.29, 0.717) is 43.5 Å². The van der Waals surface area contributed by atoms with Crippen LogP contribution in [-0.2, 0) is 29.1 Å². The molecule has 1 aliphatic rings. The van der Waals surface area contributed by atoms with Crippen molar-refractivity contribution in [2.75, 3.05) is 6.61 Å². The molecule has 0 radical (unpaired) electrons. The largest absolute Gasteiger partial charge is 0.373 e. The first-order chi connectivity index (χ1) is 13.0. The average Bonchev–Trinajstić information content (AvgIpc) is 3.06. The van der Waals surface area contributed by atoms with Crippen LogP contribution in [0.5, 0.6) is 0 Å². The molecule has 2 atom stereocenters. The Morgan fingerprint density at radius 3 is 2.85 bits per heavy atom. The summed E-state index contributed by atoms with van der Waals surface area (Å²) in [7, 11) is 0. The van der Waals surface area contributed by atoms with Gasteiger partial charge >= 0.3 is 0 Å². The van der Waals surface area contributed by atoms with E-state index in [9.17, 15) is 4.79 Å². The number of carbonyl (C=O) groups excluding carboxylic acids is 1. The monoisotopic (exact) mass is 390 g/mol. The number of hydrogen-bond donors (Lipinski definition) is 1. The predicted molar refractivity (Wildman–Crippen MR) is 104 cm³/mol. The van der Waals surface area contributed by atoms with Gasteiger partial charge in [0.25, 0.3) is 0 Å². The molecule has 7 heteroatoms. The number of fused-ring (bicyclic) bond motifs is 2. The van der Waals surface area contributed by atoms with Gasteiger partial charge in [-0.25, -0.2) is 0 Å². The van der Waals surface area contributed by atoms with Gasteiger partial charge in [-0.1, -0.05) is 42.8 Å². The summed E-state index contributed by atoms with van der Waals surface area (Å²) in [4.78, 5) is 13.0. The molecule has 0 unspecified atom stereocenters. The lowest BCUT2D eigenvalue weighted by molar-refractivity contribution is -0.126. The molecular formula is C20H27ClN4O2. The van der Waals surface area contributed by atoms with E-state index in [1.807, 2.05) is 30.5 Å². The van der Waals surface area contributed by atoms with Crippen LogP contribution in [0.25, 0.3) is 0 Å². The van der Waals surface area contributed by atoms with Gasteiger partial charge in [0.15, 0.2) is 0 Å². The fraction of sp³-hybridized carbons (Fsp3) is 0.550. The topological polar surface area (TPSA) is 69.0 Å². The van der Waals surface area contributed by atoms with Crippen molar-refractivity contribution in [2.45, 2.75) is 52.3 Å². The third kappa shape index (κ3) is 6.04. The summed E-state index contributed by atoms with van der Waals surface area (Å²) < 4.78 is 7.57. The number of carbonyl (C=O) groups is 1. The van der Waals surface area contributed by atoms with E-state index in [0.717, 1.165) is 17.7 Å². The first-order valence-electron chi connectivity index (χ1n) is 9.51. The van der Waals surface area contributed by atoms with Crippen LogP contribution < -0.4 is 5.32 Å². The molecule has 0 saturated carbocycles. The molecule has 2 heterocycles. The number of hydrogen-bond acceptors (Lipinski definition) is 4. The first kappa shape index (κ1) is 19.8. The van der Waals surface area contributed by atoms with Crippen LogP contribution in [0.3, 0.4) is 0 Å². The summed E-state index contributed by atoms with van der Waals surface area (Å²) in [6.07, 6.45) is 4.15. The van der Waals surface area contributed by atoms with Crippen molar-refractivity contribution in [2.24, 2.45) is 11.8 Å². The zero-order valence-electron chi connectivity index (χ0n) is 15.9. The van der Waals surface area contributed by atoms with Crippen molar-refractivity contribution >= 4 is 17.5 Å². The zero-order chi connectivity index (χ0) is 19.2. The number of aromatic nitrogens is 3. The van der Waals surface area contributed by atoms with Crippen molar-refractivity contribution in [3.05, 3.63) is 46.7 Å². The maximum Gasteiger partial charge on any atom is 0.223 e. The zero-order valence-corrected chi connectivity index (χ0v) is 16.7. The Bertz CT molecular complexity index is 745. The molecule has 3 rings (SSSR count). The summed E-state index contributed by atoms with van der Waals surface area (Å²) in [6.45, 7) is 5.84. The third-order valence-corrected chi connectivity index (χ3v) is 4.98. The van der Waals surface area contributed by atoms with Crippen LogP contribution >= 0.6 is 11.6 Å². The minimum atomic E-state index is -0.145. The predicted octanol–water partition coefficient (Wildman–Crippen LogP) is 3.24. The summed E-state index contributed by atoms with van der Waals surface area (Å²) in [5.41, 5.74) is 1.92. The van der Waals surface area contributed by atoms with E-state index >= 15 is 0 Å². The van der Waals surface area contributed by atoms with E-state index in [-0.39, 0.29) is 17.9 Å². The molecule has 2 aromatic rings. The molecular weight excluding hydrogens is 364 g/mol. The third-order valence-electron chi connectivity index (χ3n) is 4.73. The molecule has 27 heavy (non-hydrogen) atoms. The normalized spacial score (nSPS) is 21.4. The van der Waals surface area contributed by atoms with Gasteiger partial charge in [-0.2, -0.15) is 0 Å². The Morgan fingerprint density at radius 2 is 2.11 bits per heavy atom. The fourth-order valence-electron chi connectivity index (χ4n) is 3.40. The van der Waals surface area contributed by atoms with E-state index in [2.05, 4.69) is 29.5 Å². The smallest absolute Gasteiger partial charge is 0.223 e. The van der Waals surface area contributed by atoms with Gasteiger partial charge in [-0.05, 0) is 42.9 Å². The maximum atomic E-state index is 13.0. The fourth-order valence-corrected chi connectivity index (χ4v) is 3.52. The number of benzene rings is 1. The highest BCUT2D eigenvalue weighted by Gasteiger charge is 2.24. The van der Waals surface area contributed by atoms with E-state index in [1.165, 1.54) is 0 Å². The number of amides is 1. The van der Waals surface area contributed by atoms with Crippen LogP contribution in [0.4, 0.5) is 0 Å². The van der Waals surface area contributed by atoms with Crippen molar-refractivity contribution in [1.82, 2.24) is 20.3 Å². The van der Waals surface area contributed by atoms with Crippen molar-refractivity contribution < 1.29 is 9.53 Å². The molecule has 1 amide bonds. The lowest BCUT2D eigenvalue weighted by Gasteiger charge is -2.24. The van der Waals surface area contributed by atoms with Gasteiger partial charge in [0, 0.05) is 17.5 Å². The SMILES string of the molecule is CC(C)C[C@H]1COCc2cn(nn2)CC[C@H](Cc2ccc(Cl)cc2)C(=O)N1. The van der Waals surface area contributed by atoms with Crippen LogP contribution in [0, 0.1) is 11.8 Å². The Morgan fingerprint density at radius 1 is 1.33 bits per heavy atom. The number of nitrogens with one attached hydrogen (secondary N) is 1. The lowest BCUT2D eigenvalue weighted by atomic mass is 9.94. The quantitative estimate of drug-likeness (QED) is 0.870. The summed E-state index contributed by atoms with van der Waals surface area (Å²) in [5.74, 6) is 0.399. The van der Waals surface area contributed by atoms with Gasteiger partial charge in [0.2, 0.25) is 5.91 Å². The Kier molecular flexibility index (Phi) is 6.85. The molecule has 0 fully saturated rings. The highest BCUT2D eigenvalue weighted by molar-refractivity contribution is 6.30. The Labute approximate surface area is 165 Å². The second-order valence-corrected chi connectivity index (χ2v) is 8.08. The number of nitrogens with zero attached hydrogens (tertiary/aromatic N) is 3. The maximum absolute atomic E-state index is 13.0. The number of aryl methyl sites for hydroxylation is 1. The second-order valence-electron chi connectivity index (χ2n) is 7.64. The minimum Gasteiger partial charge on any atom is -0.373 e. The second kappa shape index (κ2) is 9.33. The van der Waals surface area contributed by atoms with Gasteiger partial charge in [0.1, 0.15) is 5.69 Å². The molecule has 0 spiro atoms. The number of ether oxygens (including phenoxy) is 1.